The van der Waals surface area contributed by atoms with Crippen molar-refractivity contribution in [2.75, 3.05) is 32.8 Å². The molecule has 0 radical (unpaired) electrons. The van der Waals surface area contributed by atoms with Crippen molar-refractivity contribution in [2.45, 2.75) is 20.0 Å². The highest BCUT2D eigenvalue weighted by Gasteiger charge is 2.19. The average molecular weight is 394 g/mol. The van der Waals surface area contributed by atoms with E-state index in [9.17, 15) is 18.8 Å². The van der Waals surface area contributed by atoms with Crippen molar-refractivity contribution in [1.82, 2.24) is 10.2 Å². The van der Waals surface area contributed by atoms with Gasteiger partial charge in [0.05, 0.1) is 6.61 Å². The molecule has 9 heteroatoms. The summed E-state index contributed by atoms with van der Waals surface area (Å²) in [7, 11) is 0. The summed E-state index contributed by atoms with van der Waals surface area (Å²) in [6.45, 7) is 4.21. The summed E-state index contributed by atoms with van der Waals surface area (Å²) in [4.78, 5) is 36.5. The molecule has 1 aliphatic heterocycles. The van der Waals surface area contributed by atoms with E-state index in [2.05, 4.69) is 10.1 Å². The van der Waals surface area contributed by atoms with E-state index in [-0.39, 0.29) is 12.2 Å². The molecule has 1 heterocycles. The zero-order valence-electron chi connectivity index (χ0n) is 15.6. The number of nitrogens with zero attached hydrogens (tertiary/aromatic N) is 1. The first-order valence-electron chi connectivity index (χ1n) is 8.97. The molecule has 152 valence electrons. The first-order chi connectivity index (χ1) is 13.5. The molecule has 8 nitrogen and oxygen atoms in total. The fraction of sp³-hybridized carbons (Fsp3) is 0.421. The second-order valence-corrected chi connectivity index (χ2v) is 5.97. The Labute approximate surface area is 162 Å². The molecule has 0 atom stereocenters. The third-order valence-electron chi connectivity index (χ3n) is 3.78. The maximum Gasteiger partial charge on any atom is 0.417 e. The second-order valence-electron chi connectivity index (χ2n) is 5.97. The Kier molecular flexibility index (Phi) is 8.41. The van der Waals surface area contributed by atoms with Gasteiger partial charge in [0.2, 0.25) is 0 Å². The molecule has 2 rings (SSSR count). The highest BCUT2D eigenvalue weighted by Crippen LogP contribution is 2.18. The van der Waals surface area contributed by atoms with Crippen LogP contribution in [0, 0.1) is 5.82 Å². The number of esters is 2. The minimum Gasteiger partial charge on any atom is -0.494 e. The summed E-state index contributed by atoms with van der Waals surface area (Å²) in [6.07, 6.45) is 1.65. The SMILES string of the molecule is CCCOc1ccc(F)c(COC(=O)/C=C/C(=O)OC(=O)N2CCNCC2)c1. The number of carbonyl (C=O) groups is 3. The third-order valence-corrected chi connectivity index (χ3v) is 3.78. The lowest BCUT2D eigenvalue weighted by Crippen LogP contribution is -2.46. The Morgan fingerprint density at radius 3 is 2.61 bits per heavy atom. The summed E-state index contributed by atoms with van der Waals surface area (Å²) < 4.78 is 28.7. The van der Waals surface area contributed by atoms with Crippen molar-refractivity contribution >= 4 is 18.0 Å². The van der Waals surface area contributed by atoms with Gasteiger partial charge in [-0.05, 0) is 24.6 Å². The predicted octanol–water partition coefficient (Wildman–Crippen LogP) is 1.78. The number of nitrogens with one attached hydrogen (secondary N) is 1. The molecule has 1 aromatic rings. The van der Waals surface area contributed by atoms with Gasteiger partial charge in [-0.15, -0.1) is 0 Å². The lowest BCUT2D eigenvalue weighted by molar-refractivity contribution is -0.140. The van der Waals surface area contributed by atoms with Crippen molar-refractivity contribution in [2.24, 2.45) is 0 Å². The molecular weight excluding hydrogens is 371 g/mol. The van der Waals surface area contributed by atoms with Gasteiger partial charge in [-0.3, -0.25) is 0 Å². The zero-order chi connectivity index (χ0) is 20.4. The van der Waals surface area contributed by atoms with E-state index in [1.54, 1.807) is 0 Å². The number of rotatable bonds is 7. The van der Waals surface area contributed by atoms with E-state index in [1.165, 1.54) is 23.1 Å². The number of hydrogen-bond donors (Lipinski definition) is 1. The number of carbonyl (C=O) groups excluding carboxylic acids is 3. The van der Waals surface area contributed by atoms with Crippen molar-refractivity contribution in [3.05, 3.63) is 41.7 Å². The van der Waals surface area contributed by atoms with Gasteiger partial charge in [0.15, 0.2) is 0 Å². The van der Waals surface area contributed by atoms with Crippen LogP contribution < -0.4 is 10.1 Å². The summed E-state index contributed by atoms with van der Waals surface area (Å²) in [5.41, 5.74) is 0.145. The molecule has 0 bridgehead atoms. The molecule has 0 saturated carbocycles. The number of amides is 1. The first kappa shape index (κ1) is 21.4. The minimum absolute atomic E-state index is 0.145. The van der Waals surface area contributed by atoms with Crippen LogP contribution in [0.5, 0.6) is 5.75 Å². The Hall–Kier alpha value is -2.94. The summed E-state index contributed by atoms with van der Waals surface area (Å²) in [6, 6.07) is 4.16. The highest BCUT2D eigenvalue weighted by molar-refractivity contribution is 5.96. The van der Waals surface area contributed by atoms with Gasteiger partial charge < -0.3 is 24.4 Å². The van der Waals surface area contributed by atoms with Crippen LogP contribution in [0.15, 0.2) is 30.4 Å². The van der Waals surface area contributed by atoms with Crippen LogP contribution in [0.3, 0.4) is 0 Å². The van der Waals surface area contributed by atoms with Gasteiger partial charge in [0.1, 0.15) is 18.2 Å². The molecule has 0 spiro atoms. The maximum atomic E-state index is 13.8. The van der Waals surface area contributed by atoms with Crippen molar-refractivity contribution in [1.29, 1.82) is 0 Å². The van der Waals surface area contributed by atoms with E-state index < -0.39 is 23.8 Å². The third kappa shape index (κ3) is 6.99. The number of hydrogen-bond acceptors (Lipinski definition) is 7. The smallest absolute Gasteiger partial charge is 0.417 e. The molecule has 1 aromatic carbocycles. The van der Waals surface area contributed by atoms with Gasteiger partial charge in [-0.25, -0.2) is 18.8 Å². The minimum atomic E-state index is -0.985. The Morgan fingerprint density at radius 2 is 1.89 bits per heavy atom. The van der Waals surface area contributed by atoms with Crippen LogP contribution in [0.25, 0.3) is 0 Å². The largest absolute Gasteiger partial charge is 0.494 e. The van der Waals surface area contributed by atoms with Crippen molar-refractivity contribution in [3.8, 4) is 5.75 Å². The van der Waals surface area contributed by atoms with E-state index in [0.29, 0.717) is 38.5 Å². The lowest BCUT2D eigenvalue weighted by atomic mass is 10.2. The number of benzene rings is 1. The summed E-state index contributed by atoms with van der Waals surface area (Å²) >= 11 is 0. The first-order valence-corrected chi connectivity index (χ1v) is 8.97. The van der Waals surface area contributed by atoms with Crippen LogP contribution in [0.4, 0.5) is 9.18 Å². The second kappa shape index (κ2) is 11.0. The molecule has 1 fully saturated rings. The van der Waals surface area contributed by atoms with Crippen LogP contribution in [-0.2, 0) is 25.7 Å². The van der Waals surface area contributed by atoms with E-state index in [4.69, 9.17) is 9.47 Å². The molecular formula is C19H23FN2O6. The molecule has 1 amide bonds. The van der Waals surface area contributed by atoms with Crippen molar-refractivity contribution < 1.29 is 33.0 Å². The fourth-order valence-electron chi connectivity index (χ4n) is 2.34. The van der Waals surface area contributed by atoms with Crippen molar-refractivity contribution in [3.63, 3.8) is 0 Å². The molecule has 1 saturated heterocycles. The lowest BCUT2D eigenvalue weighted by Gasteiger charge is -2.25. The molecule has 28 heavy (non-hydrogen) atoms. The van der Waals surface area contributed by atoms with Gasteiger partial charge in [-0.2, -0.15) is 0 Å². The van der Waals surface area contributed by atoms with Gasteiger partial charge in [0.25, 0.3) is 0 Å². The zero-order valence-corrected chi connectivity index (χ0v) is 15.6. The van der Waals surface area contributed by atoms with E-state index in [0.717, 1.165) is 18.6 Å². The molecule has 0 aromatic heterocycles. The molecule has 1 aliphatic rings. The normalized spacial score (nSPS) is 14.0. The van der Waals surface area contributed by atoms with Crippen LogP contribution >= 0.6 is 0 Å². The van der Waals surface area contributed by atoms with Gasteiger partial charge in [-0.1, -0.05) is 6.92 Å². The Balaban J connectivity index is 1.79. The van der Waals surface area contributed by atoms with Crippen LogP contribution in [0.1, 0.15) is 18.9 Å². The average Bonchev–Trinajstić information content (AvgIpc) is 2.71. The number of piperazine rings is 1. The summed E-state index contributed by atoms with van der Waals surface area (Å²) in [5.74, 6) is -1.92. The van der Waals surface area contributed by atoms with Crippen LogP contribution in [-0.4, -0.2) is 55.7 Å². The van der Waals surface area contributed by atoms with Crippen LogP contribution in [0.2, 0.25) is 0 Å². The number of halogens is 1. The summed E-state index contributed by atoms with van der Waals surface area (Å²) in [5, 5.41) is 3.06. The van der Waals surface area contributed by atoms with Gasteiger partial charge >= 0.3 is 18.0 Å². The number of ether oxygens (including phenoxy) is 3. The highest BCUT2D eigenvalue weighted by atomic mass is 19.1. The van der Waals surface area contributed by atoms with Gasteiger partial charge in [0, 0.05) is 43.9 Å². The maximum absolute atomic E-state index is 13.8. The predicted molar refractivity (Wildman–Crippen MR) is 97.1 cm³/mol. The molecule has 0 unspecified atom stereocenters. The topological polar surface area (TPSA) is 94.2 Å². The standard InChI is InChI=1S/C19H23FN2O6/c1-2-11-26-15-3-4-16(20)14(12-15)13-27-17(23)5-6-18(24)28-19(25)22-9-7-21-8-10-22/h3-6,12,21H,2,7-11,13H2,1H3/b6-5+. The molecule has 1 N–H and O–H groups in total. The monoisotopic (exact) mass is 394 g/mol. The quantitative estimate of drug-likeness (QED) is 0.428. The van der Waals surface area contributed by atoms with E-state index in [1.807, 2.05) is 6.92 Å². The fourth-order valence-corrected chi connectivity index (χ4v) is 2.34. The Bertz CT molecular complexity index is 731. The molecule has 0 aliphatic carbocycles. The Morgan fingerprint density at radius 1 is 1.18 bits per heavy atom. The van der Waals surface area contributed by atoms with E-state index >= 15 is 0 Å².